The summed E-state index contributed by atoms with van der Waals surface area (Å²) in [7, 11) is 0. The van der Waals surface area contributed by atoms with Crippen molar-refractivity contribution < 1.29 is 9.53 Å². The molecular weight excluding hydrogens is 448 g/mol. The Labute approximate surface area is 214 Å². The van der Waals surface area contributed by atoms with Crippen LogP contribution in [-0.4, -0.2) is 23.6 Å². The molecular formula is C30H38N4O2. The van der Waals surface area contributed by atoms with Gasteiger partial charge in [0, 0.05) is 18.4 Å². The van der Waals surface area contributed by atoms with Gasteiger partial charge in [-0.1, -0.05) is 81.3 Å². The second-order valence-corrected chi connectivity index (χ2v) is 8.93. The van der Waals surface area contributed by atoms with Crippen molar-refractivity contribution in [3.8, 4) is 16.9 Å². The summed E-state index contributed by atoms with van der Waals surface area (Å²) in [6, 6.07) is 25.8. The number of hydrazine groups is 1. The lowest BCUT2D eigenvalue weighted by Crippen LogP contribution is -2.31. The van der Waals surface area contributed by atoms with Crippen LogP contribution in [0.3, 0.4) is 0 Å². The number of rotatable bonds is 13. The van der Waals surface area contributed by atoms with E-state index in [1.165, 1.54) is 16.8 Å². The molecule has 0 atom stereocenters. The van der Waals surface area contributed by atoms with E-state index in [1.807, 2.05) is 66.7 Å². The number of carbonyl (C=O) groups excluding carboxylic acids is 1. The van der Waals surface area contributed by atoms with Crippen molar-refractivity contribution in [3.05, 3.63) is 96.3 Å². The fourth-order valence-electron chi connectivity index (χ4n) is 3.98. The lowest BCUT2D eigenvalue weighted by atomic mass is 10.1. The number of amides is 1. The highest BCUT2D eigenvalue weighted by molar-refractivity contribution is 6.03. The van der Waals surface area contributed by atoms with E-state index in [0.717, 1.165) is 49.0 Å². The zero-order valence-corrected chi connectivity index (χ0v) is 21.3. The first-order valence-electron chi connectivity index (χ1n) is 12.7. The van der Waals surface area contributed by atoms with Gasteiger partial charge in [0.2, 0.25) is 0 Å². The van der Waals surface area contributed by atoms with Crippen LogP contribution >= 0.6 is 0 Å². The Morgan fingerprint density at radius 3 is 2.08 bits per heavy atom. The first kappa shape index (κ1) is 26.8. The number of carbonyl (C=O) groups is 1. The van der Waals surface area contributed by atoms with Crippen molar-refractivity contribution in [1.29, 1.82) is 0 Å². The van der Waals surface area contributed by atoms with Crippen LogP contribution in [0, 0.1) is 0 Å². The van der Waals surface area contributed by atoms with Crippen LogP contribution in [0.4, 0.5) is 5.69 Å². The number of ether oxygens (including phenoxy) is 1. The summed E-state index contributed by atoms with van der Waals surface area (Å²) in [6.07, 6.45) is 6.86. The molecule has 0 aliphatic rings. The van der Waals surface area contributed by atoms with Crippen molar-refractivity contribution in [1.82, 2.24) is 5.01 Å². The fraction of sp³-hybridized carbons (Fsp3) is 0.300. The molecule has 0 aliphatic heterocycles. The van der Waals surface area contributed by atoms with Gasteiger partial charge in [-0.25, -0.2) is 5.84 Å². The molecule has 0 fully saturated rings. The third-order valence-electron chi connectivity index (χ3n) is 5.92. The standard InChI is InChI=1S/C30H38N4O2/c1-3-8-27(9-4-2)36-28-18-14-25(15-19-28)24-12-16-26(17-13-24)33-30(35)29(31)22-34(32)21-20-23-10-6-5-7-11-23/h5-7,10-19,22,27H,3-4,8-9,20-21,31-32H2,1-2H3,(H,33,35)/b29-22-. The molecule has 6 heteroatoms. The number of hydrogen-bond acceptors (Lipinski definition) is 5. The molecule has 0 saturated heterocycles. The second kappa shape index (κ2) is 14.0. The molecule has 3 aromatic rings. The SMILES string of the molecule is CCCC(CCC)Oc1ccc(-c2ccc(NC(=O)/C(N)=C/N(N)CCc3ccccc3)cc2)cc1. The minimum atomic E-state index is -0.395. The van der Waals surface area contributed by atoms with Gasteiger partial charge in [0.05, 0.1) is 6.10 Å². The molecule has 1 amide bonds. The predicted octanol–water partition coefficient (Wildman–Crippen LogP) is 5.86. The summed E-state index contributed by atoms with van der Waals surface area (Å²) in [5.74, 6) is 6.50. The molecule has 0 bridgehead atoms. The van der Waals surface area contributed by atoms with Gasteiger partial charge in [-0.15, -0.1) is 0 Å². The molecule has 0 spiro atoms. The third-order valence-corrected chi connectivity index (χ3v) is 5.92. The van der Waals surface area contributed by atoms with Crippen molar-refractivity contribution in [2.75, 3.05) is 11.9 Å². The average molecular weight is 487 g/mol. The Hall–Kier alpha value is -3.77. The molecule has 36 heavy (non-hydrogen) atoms. The van der Waals surface area contributed by atoms with Gasteiger partial charge in [0.1, 0.15) is 11.4 Å². The van der Waals surface area contributed by atoms with Gasteiger partial charge in [-0.2, -0.15) is 0 Å². The van der Waals surface area contributed by atoms with Crippen LogP contribution in [0.25, 0.3) is 11.1 Å². The summed E-state index contributed by atoms with van der Waals surface area (Å²) in [6.45, 7) is 4.92. The van der Waals surface area contributed by atoms with E-state index in [0.29, 0.717) is 12.2 Å². The second-order valence-electron chi connectivity index (χ2n) is 8.93. The quantitative estimate of drug-likeness (QED) is 0.160. The maximum Gasteiger partial charge on any atom is 0.273 e. The van der Waals surface area contributed by atoms with Crippen LogP contribution in [0.1, 0.15) is 45.1 Å². The summed E-state index contributed by atoms with van der Waals surface area (Å²) in [5, 5.41) is 4.26. The van der Waals surface area contributed by atoms with Crippen molar-refractivity contribution in [2.24, 2.45) is 11.6 Å². The lowest BCUT2D eigenvalue weighted by molar-refractivity contribution is -0.113. The largest absolute Gasteiger partial charge is 0.490 e. The number of nitrogens with one attached hydrogen (secondary N) is 1. The van der Waals surface area contributed by atoms with Crippen LogP contribution < -0.4 is 21.6 Å². The molecule has 0 heterocycles. The minimum Gasteiger partial charge on any atom is -0.490 e. The Morgan fingerprint density at radius 2 is 1.50 bits per heavy atom. The zero-order chi connectivity index (χ0) is 25.8. The summed E-state index contributed by atoms with van der Waals surface area (Å²) in [5.41, 5.74) is 9.97. The summed E-state index contributed by atoms with van der Waals surface area (Å²) >= 11 is 0. The van der Waals surface area contributed by atoms with E-state index in [1.54, 1.807) is 0 Å². The molecule has 3 rings (SSSR count). The topological polar surface area (TPSA) is 93.6 Å². The first-order valence-corrected chi connectivity index (χ1v) is 12.7. The van der Waals surface area contributed by atoms with Gasteiger partial charge in [-0.05, 0) is 60.2 Å². The Balaban J connectivity index is 1.53. The average Bonchev–Trinajstić information content (AvgIpc) is 2.89. The van der Waals surface area contributed by atoms with Gasteiger partial charge >= 0.3 is 0 Å². The smallest absolute Gasteiger partial charge is 0.273 e. The third kappa shape index (κ3) is 8.47. The summed E-state index contributed by atoms with van der Waals surface area (Å²) in [4.78, 5) is 12.5. The summed E-state index contributed by atoms with van der Waals surface area (Å²) < 4.78 is 6.16. The monoisotopic (exact) mass is 486 g/mol. The Bertz CT molecular complexity index is 1090. The van der Waals surface area contributed by atoms with Crippen LogP contribution in [0.15, 0.2) is 90.8 Å². The van der Waals surface area contributed by atoms with Gasteiger partial charge < -0.3 is 20.8 Å². The number of benzene rings is 3. The van der Waals surface area contributed by atoms with Crippen molar-refractivity contribution in [3.63, 3.8) is 0 Å². The van der Waals surface area contributed by atoms with Crippen molar-refractivity contribution in [2.45, 2.75) is 52.1 Å². The lowest BCUT2D eigenvalue weighted by Gasteiger charge is -2.18. The maximum absolute atomic E-state index is 12.5. The van der Waals surface area contributed by atoms with E-state index < -0.39 is 5.91 Å². The first-order chi connectivity index (χ1) is 17.5. The predicted molar refractivity (Wildman–Crippen MR) is 148 cm³/mol. The molecule has 0 aliphatic carbocycles. The highest BCUT2D eigenvalue weighted by atomic mass is 16.5. The normalized spacial score (nSPS) is 11.4. The highest BCUT2D eigenvalue weighted by Gasteiger charge is 2.10. The molecule has 190 valence electrons. The minimum absolute atomic E-state index is 0.0506. The molecule has 0 aromatic heterocycles. The zero-order valence-electron chi connectivity index (χ0n) is 21.3. The fourth-order valence-corrected chi connectivity index (χ4v) is 3.98. The molecule has 0 radical (unpaired) electrons. The molecule has 3 aromatic carbocycles. The highest BCUT2D eigenvalue weighted by Crippen LogP contribution is 2.25. The Kier molecular flexibility index (Phi) is 10.4. The molecule has 5 N–H and O–H groups in total. The number of hydrogen-bond donors (Lipinski definition) is 3. The van der Waals surface area contributed by atoms with Gasteiger partial charge in [0.15, 0.2) is 0 Å². The van der Waals surface area contributed by atoms with E-state index >= 15 is 0 Å². The Morgan fingerprint density at radius 1 is 0.917 bits per heavy atom. The number of nitrogens with two attached hydrogens (primary N) is 2. The van der Waals surface area contributed by atoms with E-state index in [-0.39, 0.29) is 11.8 Å². The van der Waals surface area contributed by atoms with E-state index in [9.17, 15) is 4.79 Å². The van der Waals surface area contributed by atoms with E-state index in [2.05, 4.69) is 31.3 Å². The van der Waals surface area contributed by atoms with Gasteiger partial charge in [-0.3, -0.25) is 4.79 Å². The molecule has 0 saturated carbocycles. The number of anilines is 1. The van der Waals surface area contributed by atoms with Crippen LogP contribution in [-0.2, 0) is 11.2 Å². The maximum atomic E-state index is 12.5. The van der Waals surface area contributed by atoms with Crippen molar-refractivity contribution >= 4 is 11.6 Å². The molecule has 0 unspecified atom stereocenters. The van der Waals surface area contributed by atoms with Crippen LogP contribution in [0.5, 0.6) is 5.75 Å². The van der Waals surface area contributed by atoms with Crippen LogP contribution in [0.2, 0.25) is 0 Å². The van der Waals surface area contributed by atoms with E-state index in [4.69, 9.17) is 16.3 Å². The van der Waals surface area contributed by atoms with Gasteiger partial charge in [0.25, 0.3) is 5.91 Å². The molecule has 6 nitrogen and oxygen atoms in total. The number of nitrogens with zero attached hydrogens (tertiary/aromatic N) is 1.